The highest BCUT2D eigenvalue weighted by Crippen LogP contribution is 2.21. The zero-order valence-corrected chi connectivity index (χ0v) is 10.3. The largest absolute Gasteiger partial charge is 0.473 e. The Morgan fingerprint density at radius 1 is 1.24 bits per heavy atom. The van der Waals surface area contributed by atoms with Crippen molar-refractivity contribution >= 4 is 40.1 Å². The maximum atomic E-state index is 11.9. The Balaban J connectivity index is 2.11. The van der Waals surface area contributed by atoms with Crippen LogP contribution in [-0.4, -0.2) is 34.4 Å². The number of benzene rings is 1. The average molecular weight is 270 g/mol. The molecule has 0 saturated heterocycles. The molecule has 1 heterocycles. The monoisotopic (exact) mass is 269 g/mol. The number of fused-ring (bicyclic) bond motifs is 1. The van der Waals surface area contributed by atoms with Crippen molar-refractivity contribution in [2.24, 2.45) is 0 Å². The van der Waals surface area contributed by atoms with E-state index in [4.69, 9.17) is 16.3 Å². The first-order valence-corrected chi connectivity index (χ1v) is 5.67. The molecule has 1 aromatic rings. The lowest BCUT2D eigenvalue weighted by Crippen LogP contribution is -2.33. The number of carbonyl (C=O) groups is 2. The summed E-state index contributed by atoms with van der Waals surface area (Å²) in [4.78, 5) is 24.9. The minimum atomic E-state index is -0.310. The molecule has 6 heteroatoms. The molecule has 1 aromatic carbocycles. The molecular formula is C11H8ClNO3S. The molecule has 0 aliphatic carbocycles. The molecule has 0 N–H and O–H groups in total. The first-order valence-electron chi connectivity index (χ1n) is 4.88. The lowest BCUT2D eigenvalue weighted by atomic mass is 10.1. The van der Waals surface area contributed by atoms with Gasteiger partial charge in [-0.1, -0.05) is 12.1 Å². The Kier molecular flexibility index (Phi) is 3.40. The number of nitrogens with zero attached hydrogens (tertiary/aromatic N) is 1. The molecular weight excluding hydrogens is 262 g/mol. The van der Waals surface area contributed by atoms with E-state index in [-0.39, 0.29) is 29.5 Å². The van der Waals surface area contributed by atoms with Gasteiger partial charge in [-0.05, 0) is 36.0 Å². The number of rotatable bonds is 3. The molecule has 17 heavy (non-hydrogen) atoms. The van der Waals surface area contributed by atoms with E-state index in [1.807, 2.05) is 0 Å². The van der Waals surface area contributed by atoms with Gasteiger partial charge in [0.15, 0.2) is 0 Å². The van der Waals surface area contributed by atoms with Crippen molar-refractivity contribution in [1.82, 2.24) is 4.90 Å². The summed E-state index contributed by atoms with van der Waals surface area (Å²) in [6, 6.07) is 6.70. The SMILES string of the molecule is O=C1c2ccccc2C(=O)N1CCOC(=S)Cl. The number of amides is 2. The highest BCUT2D eigenvalue weighted by atomic mass is 35.5. The van der Waals surface area contributed by atoms with Crippen molar-refractivity contribution in [3.63, 3.8) is 0 Å². The number of hydrogen-bond donors (Lipinski definition) is 0. The van der Waals surface area contributed by atoms with Crippen molar-refractivity contribution < 1.29 is 14.3 Å². The van der Waals surface area contributed by atoms with Crippen LogP contribution in [0.2, 0.25) is 0 Å². The summed E-state index contributed by atoms with van der Waals surface area (Å²) >= 11 is 9.86. The predicted molar refractivity (Wildman–Crippen MR) is 66.2 cm³/mol. The smallest absolute Gasteiger partial charge is 0.261 e. The van der Waals surface area contributed by atoms with Gasteiger partial charge in [-0.3, -0.25) is 14.5 Å². The van der Waals surface area contributed by atoms with Crippen LogP contribution < -0.4 is 0 Å². The number of imide groups is 1. The molecule has 1 aliphatic heterocycles. The summed E-state index contributed by atoms with van der Waals surface area (Å²) in [5.74, 6) is -0.621. The average Bonchev–Trinajstić information content (AvgIpc) is 2.54. The van der Waals surface area contributed by atoms with Gasteiger partial charge in [0.05, 0.1) is 17.7 Å². The van der Waals surface area contributed by atoms with E-state index in [0.717, 1.165) is 4.90 Å². The molecule has 2 amide bonds. The molecule has 2 rings (SSSR count). The third-order valence-corrected chi connectivity index (χ3v) is 2.64. The van der Waals surface area contributed by atoms with Crippen molar-refractivity contribution in [3.8, 4) is 0 Å². The van der Waals surface area contributed by atoms with Crippen molar-refractivity contribution in [3.05, 3.63) is 35.4 Å². The van der Waals surface area contributed by atoms with Gasteiger partial charge in [-0.25, -0.2) is 0 Å². The summed E-state index contributed by atoms with van der Waals surface area (Å²) in [5, 5.41) is 0. The van der Waals surface area contributed by atoms with Crippen molar-refractivity contribution in [2.75, 3.05) is 13.2 Å². The van der Waals surface area contributed by atoms with Crippen LogP contribution in [0.3, 0.4) is 0 Å². The zero-order valence-electron chi connectivity index (χ0n) is 8.68. The highest BCUT2D eigenvalue weighted by molar-refractivity contribution is 7.82. The predicted octanol–water partition coefficient (Wildman–Crippen LogP) is 1.82. The van der Waals surface area contributed by atoms with Crippen LogP contribution in [0.15, 0.2) is 24.3 Å². The molecule has 4 nitrogen and oxygen atoms in total. The Hall–Kier alpha value is -1.46. The number of carbonyl (C=O) groups excluding carboxylic acids is 2. The molecule has 0 radical (unpaired) electrons. The molecule has 0 bridgehead atoms. The second-order valence-corrected chi connectivity index (χ2v) is 4.33. The molecule has 0 fully saturated rings. The normalized spacial score (nSPS) is 13.8. The number of thiocarbonyl (C=S) groups is 1. The van der Waals surface area contributed by atoms with Gasteiger partial charge in [-0.15, -0.1) is 0 Å². The second kappa shape index (κ2) is 4.81. The molecule has 88 valence electrons. The number of halogens is 1. The Morgan fingerprint density at radius 2 is 1.76 bits per heavy atom. The van der Waals surface area contributed by atoms with E-state index in [0.29, 0.717) is 11.1 Å². The molecule has 0 atom stereocenters. The van der Waals surface area contributed by atoms with Crippen LogP contribution in [0.4, 0.5) is 0 Å². The lowest BCUT2D eigenvalue weighted by molar-refractivity contribution is 0.0630. The topological polar surface area (TPSA) is 46.6 Å². The summed E-state index contributed by atoms with van der Waals surface area (Å²) in [6.45, 7) is 0.243. The van der Waals surface area contributed by atoms with Crippen molar-refractivity contribution in [2.45, 2.75) is 0 Å². The van der Waals surface area contributed by atoms with Crippen LogP contribution in [-0.2, 0) is 4.74 Å². The van der Waals surface area contributed by atoms with Gasteiger partial charge in [0.1, 0.15) is 6.61 Å². The molecule has 0 spiro atoms. The van der Waals surface area contributed by atoms with E-state index in [9.17, 15) is 9.59 Å². The van der Waals surface area contributed by atoms with Crippen LogP contribution in [0.5, 0.6) is 0 Å². The maximum absolute atomic E-state index is 11.9. The number of hydrogen-bond acceptors (Lipinski definition) is 4. The third kappa shape index (κ3) is 2.30. The summed E-state index contributed by atoms with van der Waals surface area (Å²) < 4.78 is 4.73. The fraction of sp³-hybridized carbons (Fsp3) is 0.182. The first-order chi connectivity index (χ1) is 8.11. The summed E-state index contributed by atoms with van der Waals surface area (Å²) in [7, 11) is 0. The van der Waals surface area contributed by atoms with Crippen LogP contribution in [0.1, 0.15) is 20.7 Å². The Bertz CT molecular complexity index is 468. The van der Waals surface area contributed by atoms with Crippen LogP contribution >= 0.6 is 23.8 Å². The van der Waals surface area contributed by atoms with E-state index in [1.54, 1.807) is 24.3 Å². The summed E-state index contributed by atoms with van der Waals surface area (Å²) in [6.07, 6.45) is 0. The van der Waals surface area contributed by atoms with E-state index in [1.165, 1.54) is 0 Å². The Morgan fingerprint density at radius 3 is 2.24 bits per heavy atom. The van der Waals surface area contributed by atoms with E-state index >= 15 is 0 Å². The molecule has 1 aliphatic rings. The summed E-state index contributed by atoms with van der Waals surface area (Å²) in [5.41, 5.74) is 0.844. The molecule has 0 aromatic heterocycles. The van der Waals surface area contributed by atoms with E-state index < -0.39 is 0 Å². The minimum absolute atomic E-state index is 0.105. The quantitative estimate of drug-likeness (QED) is 0.477. The fourth-order valence-electron chi connectivity index (χ4n) is 1.66. The fourth-order valence-corrected chi connectivity index (χ4v) is 1.82. The Labute approximate surface area is 108 Å². The van der Waals surface area contributed by atoms with E-state index in [2.05, 4.69) is 12.2 Å². The zero-order chi connectivity index (χ0) is 12.4. The molecule has 0 saturated carbocycles. The maximum Gasteiger partial charge on any atom is 0.261 e. The van der Waals surface area contributed by atoms with Crippen LogP contribution in [0.25, 0.3) is 0 Å². The minimum Gasteiger partial charge on any atom is -0.473 e. The van der Waals surface area contributed by atoms with Gasteiger partial charge in [0, 0.05) is 0 Å². The van der Waals surface area contributed by atoms with Gasteiger partial charge in [0.25, 0.3) is 16.3 Å². The van der Waals surface area contributed by atoms with Gasteiger partial charge < -0.3 is 4.74 Å². The van der Waals surface area contributed by atoms with Crippen molar-refractivity contribution in [1.29, 1.82) is 0 Å². The molecule has 0 unspecified atom stereocenters. The lowest BCUT2D eigenvalue weighted by Gasteiger charge is -2.13. The highest BCUT2D eigenvalue weighted by Gasteiger charge is 2.34. The van der Waals surface area contributed by atoms with Gasteiger partial charge >= 0.3 is 0 Å². The standard InChI is InChI=1S/C11H8ClNO3S/c12-11(17)16-6-5-13-9(14)7-3-1-2-4-8(7)10(13)15/h1-4H,5-6H2. The van der Waals surface area contributed by atoms with Crippen LogP contribution in [0, 0.1) is 0 Å². The second-order valence-electron chi connectivity index (χ2n) is 3.39. The van der Waals surface area contributed by atoms with Gasteiger partial charge in [-0.2, -0.15) is 0 Å². The van der Waals surface area contributed by atoms with Gasteiger partial charge in [0.2, 0.25) is 0 Å². The third-order valence-electron chi connectivity index (χ3n) is 2.41. The first kappa shape index (κ1) is 12.0. The number of ether oxygens (including phenoxy) is 1.